The lowest BCUT2D eigenvalue weighted by atomic mass is 10.2. The molecule has 0 aliphatic rings. The lowest BCUT2D eigenvalue weighted by Crippen LogP contribution is -2.01. The van der Waals surface area contributed by atoms with Crippen molar-refractivity contribution >= 4 is 18.4 Å². The van der Waals surface area contributed by atoms with Crippen LogP contribution in [0.5, 0.6) is 0 Å². The summed E-state index contributed by atoms with van der Waals surface area (Å²) in [5.74, 6) is 0.477. The lowest BCUT2D eigenvalue weighted by molar-refractivity contribution is -0.123. The number of Topliss-reactive ketones (excluding diaryl/α,β-unsaturated/α-hetero) is 1. The SMILES string of the molecule is [O]CC(=O)CCCS. The fourth-order valence-electron chi connectivity index (χ4n) is 0.348. The molecular weight excluding hydrogens is 124 g/mol. The van der Waals surface area contributed by atoms with Crippen LogP contribution in [0.25, 0.3) is 0 Å². The van der Waals surface area contributed by atoms with Gasteiger partial charge in [-0.25, -0.2) is 5.11 Å². The highest BCUT2D eigenvalue weighted by molar-refractivity contribution is 7.80. The predicted octanol–water partition coefficient (Wildman–Crippen LogP) is 0.696. The zero-order valence-electron chi connectivity index (χ0n) is 4.59. The van der Waals surface area contributed by atoms with Crippen LogP contribution in [0.1, 0.15) is 12.8 Å². The molecular formula is C5H9O2S. The van der Waals surface area contributed by atoms with E-state index in [1.54, 1.807) is 0 Å². The van der Waals surface area contributed by atoms with E-state index in [9.17, 15) is 9.90 Å². The van der Waals surface area contributed by atoms with Gasteiger partial charge in [0.05, 0.1) is 0 Å². The molecule has 0 aromatic heterocycles. The van der Waals surface area contributed by atoms with E-state index in [1.165, 1.54) is 0 Å². The number of hydrogen-bond donors (Lipinski definition) is 1. The molecule has 0 saturated carbocycles. The van der Waals surface area contributed by atoms with Crippen LogP contribution in [0.3, 0.4) is 0 Å². The topological polar surface area (TPSA) is 37.0 Å². The van der Waals surface area contributed by atoms with E-state index < -0.39 is 6.61 Å². The average molecular weight is 133 g/mol. The van der Waals surface area contributed by atoms with Crippen LogP contribution >= 0.6 is 12.6 Å². The first-order valence-corrected chi connectivity index (χ1v) is 3.15. The Morgan fingerprint density at radius 2 is 2.12 bits per heavy atom. The van der Waals surface area contributed by atoms with E-state index >= 15 is 0 Å². The number of carbonyl (C=O) groups is 1. The molecule has 3 heteroatoms. The normalized spacial score (nSPS) is 9.25. The predicted molar refractivity (Wildman–Crippen MR) is 33.6 cm³/mol. The third-order valence-electron chi connectivity index (χ3n) is 0.775. The first-order valence-electron chi connectivity index (χ1n) is 2.52. The fourth-order valence-corrected chi connectivity index (χ4v) is 0.507. The molecule has 0 aliphatic carbocycles. The molecule has 8 heavy (non-hydrogen) atoms. The first kappa shape index (κ1) is 7.98. The molecule has 47 valence electrons. The van der Waals surface area contributed by atoms with Gasteiger partial charge in [-0.1, -0.05) is 0 Å². The number of rotatable bonds is 4. The van der Waals surface area contributed by atoms with Gasteiger partial charge in [0.25, 0.3) is 0 Å². The van der Waals surface area contributed by atoms with Gasteiger partial charge in [-0.05, 0) is 12.2 Å². The summed E-state index contributed by atoms with van der Waals surface area (Å²) in [6.07, 6.45) is 1.12. The van der Waals surface area contributed by atoms with Crippen molar-refractivity contribution in [3.05, 3.63) is 0 Å². The highest BCUT2D eigenvalue weighted by atomic mass is 32.1. The van der Waals surface area contributed by atoms with Crippen molar-refractivity contribution in [1.82, 2.24) is 0 Å². The van der Waals surface area contributed by atoms with Crippen molar-refractivity contribution in [2.24, 2.45) is 0 Å². The quantitative estimate of drug-likeness (QED) is 0.563. The monoisotopic (exact) mass is 133 g/mol. The van der Waals surface area contributed by atoms with E-state index in [4.69, 9.17) is 0 Å². The van der Waals surface area contributed by atoms with E-state index in [-0.39, 0.29) is 5.78 Å². The highest BCUT2D eigenvalue weighted by Gasteiger charge is 1.96. The fraction of sp³-hybridized carbons (Fsp3) is 0.800. The second-order valence-corrected chi connectivity index (χ2v) is 1.96. The van der Waals surface area contributed by atoms with E-state index in [2.05, 4.69) is 12.6 Å². The van der Waals surface area contributed by atoms with Crippen molar-refractivity contribution in [2.45, 2.75) is 12.8 Å². The zero-order valence-corrected chi connectivity index (χ0v) is 5.49. The number of ketones is 1. The average Bonchev–Trinajstić information content (AvgIpc) is 1.83. The molecule has 0 heterocycles. The first-order chi connectivity index (χ1) is 3.81. The van der Waals surface area contributed by atoms with Crippen molar-refractivity contribution in [3.63, 3.8) is 0 Å². The molecule has 0 fully saturated rings. The van der Waals surface area contributed by atoms with Gasteiger partial charge in [-0.3, -0.25) is 4.79 Å². The van der Waals surface area contributed by atoms with Gasteiger partial charge < -0.3 is 0 Å². The van der Waals surface area contributed by atoms with Crippen LogP contribution in [0.2, 0.25) is 0 Å². The summed E-state index contributed by atoms with van der Waals surface area (Å²) in [7, 11) is 0. The minimum atomic E-state index is -0.576. The molecule has 2 nitrogen and oxygen atoms in total. The van der Waals surface area contributed by atoms with Gasteiger partial charge in [0.1, 0.15) is 6.61 Å². The van der Waals surface area contributed by atoms with Crippen molar-refractivity contribution in [2.75, 3.05) is 12.4 Å². The maximum Gasteiger partial charge on any atom is 0.161 e. The third kappa shape index (κ3) is 4.15. The summed E-state index contributed by atoms with van der Waals surface area (Å²) in [5.41, 5.74) is 0. The molecule has 0 amide bonds. The molecule has 0 unspecified atom stereocenters. The van der Waals surface area contributed by atoms with Crippen molar-refractivity contribution < 1.29 is 9.90 Å². The van der Waals surface area contributed by atoms with Gasteiger partial charge in [0.15, 0.2) is 5.78 Å². The Labute approximate surface area is 54.3 Å². The largest absolute Gasteiger partial charge is 0.297 e. The summed E-state index contributed by atoms with van der Waals surface area (Å²) < 4.78 is 0. The van der Waals surface area contributed by atoms with Crippen molar-refractivity contribution in [1.29, 1.82) is 0 Å². The Balaban J connectivity index is 2.99. The van der Waals surface area contributed by atoms with Crippen LogP contribution in [0.4, 0.5) is 0 Å². The second-order valence-electron chi connectivity index (χ2n) is 1.51. The summed E-state index contributed by atoms with van der Waals surface area (Å²) >= 11 is 3.88. The van der Waals surface area contributed by atoms with E-state index in [1.807, 2.05) is 0 Å². The van der Waals surface area contributed by atoms with Crippen LogP contribution < -0.4 is 0 Å². The molecule has 0 rings (SSSR count). The Morgan fingerprint density at radius 1 is 1.50 bits per heavy atom. The Hall–Kier alpha value is -0.0200. The maximum absolute atomic E-state index is 10.2. The Morgan fingerprint density at radius 3 is 2.50 bits per heavy atom. The molecule has 0 aromatic carbocycles. The molecule has 0 spiro atoms. The van der Waals surface area contributed by atoms with Crippen LogP contribution in [0.15, 0.2) is 0 Å². The summed E-state index contributed by atoms with van der Waals surface area (Å²) in [4.78, 5) is 10.2. The van der Waals surface area contributed by atoms with Gasteiger partial charge in [-0.2, -0.15) is 12.6 Å². The highest BCUT2D eigenvalue weighted by Crippen LogP contribution is 1.91. The Bertz CT molecular complexity index is 72.8. The minimum absolute atomic E-state index is 0.209. The van der Waals surface area contributed by atoms with Crippen LogP contribution in [-0.4, -0.2) is 18.1 Å². The summed E-state index contributed by atoms with van der Waals surface area (Å²) in [5, 5.41) is 9.76. The Kier molecular flexibility index (Phi) is 5.11. The van der Waals surface area contributed by atoms with Crippen LogP contribution in [-0.2, 0) is 9.90 Å². The van der Waals surface area contributed by atoms with Gasteiger partial charge in [-0.15, -0.1) is 0 Å². The van der Waals surface area contributed by atoms with Crippen LogP contribution in [0, 0.1) is 0 Å². The van der Waals surface area contributed by atoms with Crippen molar-refractivity contribution in [3.8, 4) is 0 Å². The summed E-state index contributed by atoms with van der Waals surface area (Å²) in [6.45, 7) is -0.576. The third-order valence-corrected chi connectivity index (χ3v) is 1.09. The van der Waals surface area contributed by atoms with Gasteiger partial charge >= 0.3 is 0 Å². The van der Waals surface area contributed by atoms with E-state index in [0.29, 0.717) is 12.2 Å². The molecule has 0 saturated heterocycles. The van der Waals surface area contributed by atoms with E-state index in [0.717, 1.165) is 6.42 Å². The number of carbonyl (C=O) groups excluding carboxylic acids is 1. The second kappa shape index (κ2) is 5.12. The minimum Gasteiger partial charge on any atom is -0.297 e. The van der Waals surface area contributed by atoms with Gasteiger partial charge in [0.2, 0.25) is 0 Å². The molecule has 1 radical (unpaired) electrons. The molecule has 0 aromatic rings. The van der Waals surface area contributed by atoms with Gasteiger partial charge in [0, 0.05) is 6.42 Å². The standard InChI is InChI=1S/C5H9O2S/c6-4-5(7)2-1-3-8/h8H,1-4H2. The number of hydrogen-bond acceptors (Lipinski definition) is 2. The maximum atomic E-state index is 10.2. The molecule has 0 aliphatic heterocycles. The molecule has 0 atom stereocenters. The smallest absolute Gasteiger partial charge is 0.161 e. The number of thiol groups is 1. The summed E-state index contributed by atoms with van der Waals surface area (Å²) in [6, 6.07) is 0. The zero-order chi connectivity index (χ0) is 6.41. The molecule has 0 N–H and O–H groups in total. The molecule has 0 bridgehead atoms. The lowest BCUT2D eigenvalue weighted by Gasteiger charge is -1.89.